The van der Waals surface area contributed by atoms with Gasteiger partial charge >= 0.3 is 0 Å². The average molecular weight is 237 g/mol. The van der Waals surface area contributed by atoms with Gasteiger partial charge in [-0.2, -0.15) is 0 Å². The SMILES string of the molecule is CC(C)=C(CN=[N+]=[N-])c1cccc2ccccc12. The van der Waals surface area contributed by atoms with E-state index in [1.54, 1.807) is 0 Å². The van der Waals surface area contributed by atoms with Gasteiger partial charge in [-0.1, -0.05) is 53.2 Å². The first kappa shape index (κ1) is 12.2. The number of hydrogen-bond acceptors (Lipinski definition) is 1. The van der Waals surface area contributed by atoms with Crippen molar-refractivity contribution in [3.8, 4) is 0 Å². The van der Waals surface area contributed by atoms with E-state index in [1.807, 2.05) is 32.0 Å². The Balaban J connectivity index is 2.65. The van der Waals surface area contributed by atoms with Gasteiger partial charge in [0.25, 0.3) is 0 Å². The molecule has 90 valence electrons. The van der Waals surface area contributed by atoms with Crippen LogP contribution >= 0.6 is 0 Å². The maximum Gasteiger partial charge on any atom is 0.0516 e. The summed E-state index contributed by atoms with van der Waals surface area (Å²) in [5.41, 5.74) is 11.9. The van der Waals surface area contributed by atoms with Gasteiger partial charge in [-0.05, 0) is 41.3 Å². The molecule has 0 radical (unpaired) electrons. The van der Waals surface area contributed by atoms with Crippen molar-refractivity contribution in [2.45, 2.75) is 13.8 Å². The molecular weight excluding hydrogens is 222 g/mol. The molecule has 0 saturated carbocycles. The third-order valence-electron chi connectivity index (χ3n) is 3.01. The summed E-state index contributed by atoms with van der Waals surface area (Å²) in [6.07, 6.45) is 0. The number of azide groups is 1. The highest BCUT2D eigenvalue weighted by Crippen LogP contribution is 2.27. The zero-order valence-electron chi connectivity index (χ0n) is 10.6. The van der Waals surface area contributed by atoms with Crippen LogP contribution in [0.2, 0.25) is 0 Å². The highest BCUT2D eigenvalue weighted by atomic mass is 15.1. The maximum atomic E-state index is 8.49. The van der Waals surface area contributed by atoms with Gasteiger partial charge in [0.15, 0.2) is 0 Å². The van der Waals surface area contributed by atoms with Crippen molar-refractivity contribution in [2.24, 2.45) is 5.11 Å². The standard InChI is InChI=1S/C15H15N3/c1-11(2)15(10-17-18-16)14-9-5-7-12-6-3-4-8-13(12)14/h3-9H,10H2,1-2H3. The zero-order chi connectivity index (χ0) is 13.0. The van der Waals surface area contributed by atoms with Crippen molar-refractivity contribution in [1.29, 1.82) is 0 Å². The van der Waals surface area contributed by atoms with Crippen LogP contribution < -0.4 is 0 Å². The summed E-state index contributed by atoms with van der Waals surface area (Å²) in [5.74, 6) is 0. The Morgan fingerprint density at radius 2 is 1.83 bits per heavy atom. The van der Waals surface area contributed by atoms with Gasteiger partial charge in [-0.15, -0.1) is 0 Å². The first-order valence-corrected chi connectivity index (χ1v) is 5.89. The summed E-state index contributed by atoms with van der Waals surface area (Å²) in [7, 11) is 0. The van der Waals surface area contributed by atoms with Crippen LogP contribution in [0, 0.1) is 0 Å². The summed E-state index contributed by atoms with van der Waals surface area (Å²) in [6.45, 7) is 4.49. The first-order chi connectivity index (χ1) is 8.74. The van der Waals surface area contributed by atoms with Crippen molar-refractivity contribution in [1.82, 2.24) is 0 Å². The quantitative estimate of drug-likeness (QED) is 0.412. The zero-order valence-corrected chi connectivity index (χ0v) is 10.6. The minimum atomic E-state index is 0.396. The van der Waals surface area contributed by atoms with E-state index >= 15 is 0 Å². The predicted molar refractivity (Wildman–Crippen MR) is 76.2 cm³/mol. The van der Waals surface area contributed by atoms with E-state index in [9.17, 15) is 0 Å². The molecule has 18 heavy (non-hydrogen) atoms. The number of hydrogen-bond donors (Lipinski definition) is 0. The van der Waals surface area contributed by atoms with Gasteiger partial charge in [0, 0.05) is 4.91 Å². The largest absolute Gasteiger partial charge is 0.0893 e. The van der Waals surface area contributed by atoms with Crippen molar-refractivity contribution in [3.63, 3.8) is 0 Å². The van der Waals surface area contributed by atoms with Gasteiger partial charge < -0.3 is 0 Å². The van der Waals surface area contributed by atoms with Crippen molar-refractivity contribution < 1.29 is 0 Å². The van der Waals surface area contributed by atoms with E-state index in [2.05, 4.69) is 34.3 Å². The molecule has 2 aromatic rings. The van der Waals surface area contributed by atoms with Crippen molar-refractivity contribution in [2.75, 3.05) is 6.54 Å². The summed E-state index contributed by atoms with van der Waals surface area (Å²) >= 11 is 0. The molecule has 3 nitrogen and oxygen atoms in total. The maximum absolute atomic E-state index is 8.49. The number of nitrogens with zero attached hydrogens (tertiary/aromatic N) is 3. The Bertz CT molecular complexity index is 640. The number of rotatable bonds is 3. The summed E-state index contributed by atoms with van der Waals surface area (Å²) in [5, 5.41) is 6.10. The highest BCUT2D eigenvalue weighted by molar-refractivity contribution is 5.94. The van der Waals surface area contributed by atoms with Crippen LogP contribution in [-0.2, 0) is 0 Å². The van der Waals surface area contributed by atoms with Crippen LogP contribution in [0.5, 0.6) is 0 Å². The van der Waals surface area contributed by atoms with E-state index < -0.39 is 0 Å². The summed E-state index contributed by atoms with van der Waals surface area (Å²) < 4.78 is 0. The van der Waals surface area contributed by atoms with Crippen LogP contribution in [0.3, 0.4) is 0 Å². The van der Waals surface area contributed by atoms with Gasteiger partial charge in [0.2, 0.25) is 0 Å². The lowest BCUT2D eigenvalue weighted by molar-refractivity contribution is 1.20. The first-order valence-electron chi connectivity index (χ1n) is 5.89. The second-order valence-corrected chi connectivity index (χ2v) is 4.39. The molecule has 0 aliphatic rings. The lowest BCUT2D eigenvalue weighted by Crippen LogP contribution is -1.93. The topological polar surface area (TPSA) is 48.8 Å². The second kappa shape index (κ2) is 5.39. The molecule has 0 atom stereocenters. The molecule has 0 bridgehead atoms. The minimum Gasteiger partial charge on any atom is -0.0893 e. The monoisotopic (exact) mass is 237 g/mol. The normalized spacial score (nSPS) is 9.89. The van der Waals surface area contributed by atoms with Gasteiger partial charge in [0.05, 0.1) is 6.54 Å². The van der Waals surface area contributed by atoms with E-state index in [0.717, 1.165) is 11.1 Å². The highest BCUT2D eigenvalue weighted by Gasteiger charge is 2.06. The third-order valence-corrected chi connectivity index (χ3v) is 3.01. The lowest BCUT2D eigenvalue weighted by atomic mass is 9.95. The van der Waals surface area contributed by atoms with Gasteiger partial charge in [-0.25, -0.2) is 0 Å². The van der Waals surface area contributed by atoms with Crippen LogP contribution in [0.4, 0.5) is 0 Å². The number of benzene rings is 2. The molecule has 0 saturated heterocycles. The van der Waals surface area contributed by atoms with E-state index in [-0.39, 0.29) is 0 Å². The van der Waals surface area contributed by atoms with Gasteiger partial charge in [-0.3, -0.25) is 0 Å². The van der Waals surface area contributed by atoms with Crippen LogP contribution in [0.15, 0.2) is 53.2 Å². The summed E-state index contributed by atoms with van der Waals surface area (Å²) in [6, 6.07) is 14.5. The molecular formula is C15H15N3. The Kier molecular flexibility index (Phi) is 3.66. The summed E-state index contributed by atoms with van der Waals surface area (Å²) in [4.78, 5) is 2.85. The van der Waals surface area contributed by atoms with Gasteiger partial charge in [0.1, 0.15) is 0 Å². The minimum absolute atomic E-state index is 0.396. The average Bonchev–Trinajstić information content (AvgIpc) is 2.39. The fourth-order valence-electron chi connectivity index (χ4n) is 2.10. The van der Waals surface area contributed by atoms with Crippen LogP contribution in [0.25, 0.3) is 26.8 Å². The molecule has 2 rings (SSSR count). The molecule has 0 fully saturated rings. The van der Waals surface area contributed by atoms with E-state index in [1.165, 1.54) is 16.3 Å². The molecule has 0 aromatic heterocycles. The fraction of sp³-hybridized carbons (Fsp3) is 0.200. The van der Waals surface area contributed by atoms with Crippen molar-refractivity contribution in [3.05, 3.63) is 64.0 Å². The molecule has 0 aliphatic carbocycles. The predicted octanol–water partition coefficient (Wildman–Crippen LogP) is 4.94. The van der Waals surface area contributed by atoms with E-state index in [4.69, 9.17) is 5.53 Å². The Morgan fingerprint density at radius 3 is 2.56 bits per heavy atom. The number of fused-ring (bicyclic) bond motifs is 1. The Morgan fingerprint density at radius 1 is 1.11 bits per heavy atom. The molecule has 0 unspecified atom stereocenters. The fourth-order valence-corrected chi connectivity index (χ4v) is 2.10. The molecule has 0 amide bonds. The molecule has 2 aromatic carbocycles. The molecule has 0 N–H and O–H groups in total. The molecule has 0 spiro atoms. The van der Waals surface area contributed by atoms with E-state index in [0.29, 0.717) is 6.54 Å². The number of allylic oxidation sites excluding steroid dienone is 1. The molecule has 0 aliphatic heterocycles. The van der Waals surface area contributed by atoms with Crippen molar-refractivity contribution >= 4 is 16.3 Å². The Hall–Kier alpha value is -2.25. The van der Waals surface area contributed by atoms with Crippen LogP contribution in [-0.4, -0.2) is 6.54 Å². The smallest absolute Gasteiger partial charge is 0.0516 e. The third kappa shape index (κ3) is 2.36. The Labute approximate surface area is 106 Å². The van der Waals surface area contributed by atoms with Crippen LogP contribution in [0.1, 0.15) is 19.4 Å². The second-order valence-electron chi connectivity index (χ2n) is 4.39. The molecule has 0 heterocycles. The lowest BCUT2D eigenvalue weighted by Gasteiger charge is -2.11. The molecule has 3 heteroatoms.